The number of likely N-dealkylation sites (tertiary alicyclic amines) is 1. The van der Waals surface area contributed by atoms with Crippen molar-refractivity contribution in [3.8, 4) is 0 Å². The van der Waals surface area contributed by atoms with Crippen LogP contribution in [0.5, 0.6) is 0 Å². The summed E-state index contributed by atoms with van der Waals surface area (Å²) < 4.78 is 5.51. The maximum absolute atomic E-state index is 6.24. The molecular weight excluding hydrogens is 499 g/mol. The Balaban J connectivity index is 0.00000300. The summed E-state index contributed by atoms with van der Waals surface area (Å²) in [5, 5.41) is 7.89. The second-order valence-corrected chi connectivity index (χ2v) is 8.31. The highest BCUT2D eigenvalue weighted by Gasteiger charge is 2.24. The Bertz CT molecular complexity index is 617. The molecule has 0 saturated carbocycles. The van der Waals surface area contributed by atoms with E-state index in [4.69, 9.17) is 21.3 Å². The number of hydrogen-bond donors (Lipinski definition) is 2. The summed E-state index contributed by atoms with van der Waals surface area (Å²) in [5.41, 5.74) is 1.21. The molecule has 3 rings (SSSR count). The quantitative estimate of drug-likeness (QED) is 0.230. The zero-order valence-electron chi connectivity index (χ0n) is 17.5. The minimum absolute atomic E-state index is 0. The van der Waals surface area contributed by atoms with E-state index >= 15 is 0 Å². The molecule has 2 aliphatic rings. The molecule has 2 saturated heterocycles. The predicted molar refractivity (Wildman–Crippen MR) is 133 cm³/mol. The van der Waals surface area contributed by atoms with Crippen LogP contribution in [0.1, 0.15) is 38.2 Å². The number of halogens is 2. The number of rotatable bonds is 8. The molecule has 1 aromatic rings. The number of guanidine groups is 1. The van der Waals surface area contributed by atoms with Crippen molar-refractivity contribution in [3.05, 3.63) is 34.9 Å². The van der Waals surface area contributed by atoms with Gasteiger partial charge in [-0.2, -0.15) is 0 Å². The molecule has 2 N–H and O–H groups in total. The van der Waals surface area contributed by atoms with Gasteiger partial charge in [-0.15, -0.1) is 24.0 Å². The SMILES string of the molecule is CCNC(=NCCCc1ccccc1Cl)NC1CCN(CC2CCOC2)CC1.I. The zero-order valence-corrected chi connectivity index (χ0v) is 20.6. The van der Waals surface area contributed by atoms with Crippen LogP contribution in [0.15, 0.2) is 29.3 Å². The van der Waals surface area contributed by atoms with Crippen LogP contribution >= 0.6 is 35.6 Å². The maximum atomic E-state index is 6.24. The molecule has 164 valence electrons. The fraction of sp³-hybridized carbons (Fsp3) is 0.682. The smallest absolute Gasteiger partial charge is 0.191 e. The highest BCUT2D eigenvalue weighted by Crippen LogP contribution is 2.18. The van der Waals surface area contributed by atoms with E-state index in [0.717, 1.165) is 56.0 Å². The molecule has 0 bridgehead atoms. The first-order valence-electron chi connectivity index (χ1n) is 10.8. The van der Waals surface area contributed by atoms with Crippen molar-refractivity contribution >= 4 is 41.5 Å². The minimum atomic E-state index is 0. The second kappa shape index (κ2) is 13.7. The zero-order chi connectivity index (χ0) is 19.6. The lowest BCUT2D eigenvalue weighted by molar-refractivity contribution is 0.150. The van der Waals surface area contributed by atoms with E-state index in [1.54, 1.807) is 0 Å². The van der Waals surface area contributed by atoms with Gasteiger partial charge < -0.3 is 20.3 Å². The van der Waals surface area contributed by atoms with Gasteiger partial charge in [-0.1, -0.05) is 29.8 Å². The van der Waals surface area contributed by atoms with Crippen LogP contribution in [0, 0.1) is 5.92 Å². The van der Waals surface area contributed by atoms with E-state index < -0.39 is 0 Å². The summed E-state index contributed by atoms with van der Waals surface area (Å²) >= 11 is 6.24. The maximum Gasteiger partial charge on any atom is 0.191 e. The minimum Gasteiger partial charge on any atom is -0.381 e. The van der Waals surface area contributed by atoms with Crippen LogP contribution in [-0.2, 0) is 11.2 Å². The summed E-state index contributed by atoms with van der Waals surface area (Å²) in [6, 6.07) is 8.59. The lowest BCUT2D eigenvalue weighted by atomic mass is 10.0. The highest BCUT2D eigenvalue weighted by molar-refractivity contribution is 14.0. The Labute approximate surface area is 198 Å². The molecule has 0 aromatic heterocycles. The topological polar surface area (TPSA) is 48.9 Å². The fourth-order valence-corrected chi connectivity index (χ4v) is 4.26. The molecule has 0 radical (unpaired) electrons. The molecule has 5 nitrogen and oxygen atoms in total. The van der Waals surface area contributed by atoms with Crippen LogP contribution in [0.4, 0.5) is 0 Å². The summed E-state index contributed by atoms with van der Waals surface area (Å²) in [5.74, 6) is 1.69. The molecule has 0 amide bonds. The Kier molecular flexibility index (Phi) is 11.6. The fourth-order valence-electron chi connectivity index (χ4n) is 4.03. The first kappa shape index (κ1) is 24.7. The summed E-state index contributed by atoms with van der Waals surface area (Å²) in [6.45, 7) is 9.24. The van der Waals surface area contributed by atoms with E-state index in [2.05, 4.69) is 28.5 Å². The molecule has 0 spiro atoms. The monoisotopic (exact) mass is 534 g/mol. The van der Waals surface area contributed by atoms with Crippen molar-refractivity contribution in [2.75, 3.05) is 45.9 Å². The van der Waals surface area contributed by atoms with Gasteiger partial charge in [0, 0.05) is 50.4 Å². The standard InChI is InChI=1S/C22H35ClN4O.HI/c1-2-24-22(25-12-5-7-19-6-3-4-8-21(19)23)26-20-9-13-27(14-10-20)16-18-11-15-28-17-18;/h3-4,6,8,18,20H,2,5,7,9-17H2,1H3,(H2,24,25,26);1H. The van der Waals surface area contributed by atoms with Crippen molar-refractivity contribution in [1.82, 2.24) is 15.5 Å². The molecule has 1 atom stereocenters. The Morgan fingerprint density at radius 1 is 1.24 bits per heavy atom. The van der Waals surface area contributed by atoms with E-state index in [1.165, 1.54) is 44.5 Å². The van der Waals surface area contributed by atoms with Gasteiger partial charge in [-0.25, -0.2) is 0 Å². The molecule has 1 unspecified atom stereocenters. The largest absolute Gasteiger partial charge is 0.381 e. The lowest BCUT2D eigenvalue weighted by Gasteiger charge is -2.34. The Hall–Kier alpha value is -0.570. The van der Waals surface area contributed by atoms with Gasteiger partial charge in [0.15, 0.2) is 5.96 Å². The first-order chi connectivity index (χ1) is 13.7. The van der Waals surface area contributed by atoms with Crippen molar-refractivity contribution in [2.24, 2.45) is 10.9 Å². The molecule has 0 aliphatic carbocycles. The molecule has 1 aromatic carbocycles. The van der Waals surface area contributed by atoms with Crippen LogP contribution in [0.3, 0.4) is 0 Å². The highest BCUT2D eigenvalue weighted by atomic mass is 127. The number of aryl methyl sites for hydroxylation is 1. The number of nitrogens with one attached hydrogen (secondary N) is 2. The predicted octanol–water partition coefficient (Wildman–Crippen LogP) is 3.95. The van der Waals surface area contributed by atoms with Crippen LogP contribution < -0.4 is 10.6 Å². The van der Waals surface area contributed by atoms with Gasteiger partial charge in [0.1, 0.15) is 0 Å². The van der Waals surface area contributed by atoms with Crippen molar-refractivity contribution in [2.45, 2.75) is 45.1 Å². The van der Waals surface area contributed by atoms with Gasteiger partial charge >= 0.3 is 0 Å². The van der Waals surface area contributed by atoms with Gasteiger partial charge in [0.05, 0.1) is 6.61 Å². The number of aliphatic imine (C=N–C) groups is 1. The summed E-state index contributed by atoms with van der Waals surface area (Å²) in [4.78, 5) is 7.38. The van der Waals surface area contributed by atoms with Gasteiger partial charge in [-0.05, 0) is 56.6 Å². The van der Waals surface area contributed by atoms with Crippen LogP contribution in [0.2, 0.25) is 5.02 Å². The van der Waals surface area contributed by atoms with E-state index in [9.17, 15) is 0 Å². The van der Waals surface area contributed by atoms with Gasteiger partial charge in [0.25, 0.3) is 0 Å². The average molecular weight is 535 g/mol. The van der Waals surface area contributed by atoms with Crippen molar-refractivity contribution < 1.29 is 4.74 Å². The lowest BCUT2D eigenvalue weighted by Crippen LogP contribution is -2.49. The number of ether oxygens (including phenoxy) is 1. The molecular formula is C22H36ClIN4O. The number of benzene rings is 1. The average Bonchev–Trinajstić information content (AvgIpc) is 3.21. The van der Waals surface area contributed by atoms with Crippen molar-refractivity contribution in [3.63, 3.8) is 0 Å². The van der Waals surface area contributed by atoms with Crippen LogP contribution in [0.25, 0.3) is 0 Å². The van der Waals surface area contributed by atoms with E-state index in [-0.39, 0.29) is 24.0 Å². The molecule has 2 aliphatic heterocycles. The third kappa shape index (κ3) is 8.59. The number of hydrogen-bond acceptors (Lipinski definition) is 3. The summed E-state index contributed by atoms with van der Waals surface area (Å²) in [6.07, 6.45) is 5.55. The van der Waals surface area contributed by atoms with E-state index in [0.29, 0.717) is 6.04 Å². The third-order valence-corrected chi connectivity index (χ3v) is 6.01. The van der Waals surface area contributed by atoms with Gasteiger partial charge in [-0.3, -0.25) is 4.99 Å². The third-order valence-electron chi connectivity index (χ3n) is 5.65. The first-order valence-corrected chi connectivity index (χ1v) is 11.2. The normalized spacial score (nSPS) is 21.0. The Morgan fingerprint density at radius 2 is 2.03 bits per heavy atom. The summed E-state index contributed by atoms with van der Waals surface area (Å²) in [7, 11) is 0. The van der Waals surface area contributed by atoms with Crippen LogP contribution in [-0.4, -0.2) is 62.8 Å². The van der Waals surface area contributed by atoms with E-state index in [1.807, 2.05) is 18.2 Å². The second-order valence-electron chi connectivity index (χ2n) is 7.90. The Morgan fingerprint density at radius 3 is 2.72 bits per heavy atom. The number of nitrogens with zero attached hydrogens (tertiary/aromatic N) is 2. The molecule has 2 heterocycles. The van der Waals surface area contributed by atoms with Gasteiger partial charge in [0.2, 0.25) is 0 Å². The molecule has 7 heteroatoms. The number of piperidine rings is 1. The molecule has 2 fully saturated rings. The van der Waals surface area contributed by atoms with Crippen molar-refractivity contribution in [1.29, 1.82) is 0 Å². The molecule has 29 heavy (non-hydrogen) atoms.